The van der Waals surface area contributed by atoms with Crippen molar-refractivity contribution >= 4 is 0 Å². The van der Waals surface area contributed by atoms with Gasteiger partial charge in [-0.25, -0.2) is 0 Å². The van der Waals surface area contributed by atoms with Gasteiger partial charge in [0.2, 0.25) is 0 Å². The van der Waals surface area contributed by atoms with Gasteiger partial charge in [0.1, 0.15) is 0 Å². The van der Waals surface area contributed by atoms with E-state index < -0.39 is 0 Å². The number of aliphatic hydroxyl groups is 1. The molecule has 2 aliphatic rings. The van der Waals surface area contributed by atoms with Gasteiger partial charge in [0.25, 0.3) is 0 Å². The highest BCUT2D eigenvalue weighted by Crippen LogP contribution is 2.40. The van der Waals surface area contributed by atoms with Gasteiger partial charge in [-0.3, -0.25) is 0 Å². The average molecular weight is 197 g/mol. The first-order valence-electron chi connectivity index (χ1n) is 6.16. The minimum Gasteiger partial charge on any atom is -0.390 e. The number of nitrogens with zero attached hydrogens (tertiary/aromatic N) is 1. The molecule has 0 spiro atoms. The molecule has 0 aromatic carbocycles. The molecule has 1 saturated heterocycles. The summed E-state index contributed by atoms with van der Waals surface area (Å²) in [7, 11) is 0. The van der Waals surface area contributed by atoms with Crippen LogP contribution in [0.3, 0.4) is 0 Å². The van der Waals surface area contributed by atoms with Crippen molar-refractivity contribution in [3.8, 4) is 0 Å². The Kier molecular flexibility index (Phi) is 3.13. The highest BCUT2D eigenvalue weighted by molar-refractivity contribution is 4.89. The standard InChI is InChI=1S/C12H23NO/c1-2-13-8-3-6-12(14,7-9-13)10-11-4-5-11/h11,14H,2-10H2,1H3. The van der Waals surface area contributed by atoms with E-state index in [1.807, 2.05) is 0 Å². The van der Waals surface area contributed by atoms with E-state index in [9.17, 15) is 5.11 Å². The molecule has 1 N–H and O–H groups in total. The van der Waals surface area contributed by atoms with Crippen molar-refractivity contribution in [2.45, 2.75) is 51.0 Å². The zero-order chi connectivity index (χ0) is 10.0. The molecule has 1 heterocycles. The van der Waals surface area contributed by atoms with Crippen LogP contribution in [0.15, 0.2) is 0 Å². The predicted molar refractivity (Wildman–Crippen MR) is 58.3 cm³/mol. The zero-order valence-electron chi connectivity index (χ0n) is 9.34. The van der Waals surface area contributed by atoms with E-state index in [2.05, 4.69) is 11.8 Å². The Hall–Kier alpha value is -0.0800. The van der Waals surface area contributed by atoms with Crippen molar-refractivity contribution in [2.75, 3.05) is 19.6 Å². The van der Waals surface area contributed by atoms with Gasteiger partial charge in [0.05, 0.1) is 5.60 Å². The lowest BCUT2D eigenvalue weighted by Gasteiger charge is -2.26. The summed E-state index contributed by atoms with van der Waals surface area (Å²) in [5.74, 6) is 0.855. The molecule has 2 heteroatoms. The van der Waals surface area contributed by atoms with Crippen LogP contribution in [0.25, 0.3) is 0 Å². The Bertz CT molecular complexity index is 191. The first-order chi connectivity index (χ1) is 6.72. The van der Waals surface area contributed by atoms with Gasteiger partial charge in [-0.2, -0.15) is 0 Å². The summed E-state index contributed by atoms with van der Waals surface area (Å²) in [4.78, 5) is 2.46. The molecule has 0 aromatic heterocycles. The van der Waals surface area contributed by atoms with E-state index in [0.717, 1.165) is 38.3 Å². The number of hydrogen-bond acceptors (Lipinski definition) is 2. The Morgan fingerprint density at radius 1 is 1.29 bits per heavy atom. The molecule has 0 radical (unpaired) electrons. The van der Waals surface area contributed by atoms with Crippen LogP contribution in [-0.2, 0) is 0 Å². The Labute approximate surface area is 87.3 Å². The highest BCUT2D eigenvalue weighted by Gasteiger charge is 2.36. The van der Waals surface area contributed by atoms with Crippen LogP contribution in [0.5, 0.6) is 0 Å². The largest absolute Gasteiger partial charge is 0.390 e. The van der Waals surface area contributed by atoms with Gasteiger partial charge in [-0.15, -0.1) is 0 Å². The van der Waals surface area contributed by atoms with Gasteiger partial charge in [0, 0.05) is 6.54 Å². The number of hydrogen-bond donors (Lipinski definition) is 1. The maximum absolute atomic E-state index is 10.4. The van der Waals surface area contributed by atoms with E-state index in [0.29, 0.717) is 0 Å². The molecule has 1 atom stereocenters. The van der Waals surface area contributed by atoms with Crippen LogP contribution >= 0.6 is 0 Å². The molecule has 0 aromatic rings. The van der Waals surface area contributed by atoms with Crippen molar-refractivity contribution < 1.29 is 5.11 Å². The smallest absolute Gasteiger partial charge is 0.0663 e. The van der Waals surface area contributed by atoms with Crippen LogP contribution in [0, 0.1) is 5.92 Å². The summed E-state index contributed by atoms with van der Waals surface area (Å²) in [6, 6.07) is 0. The lowest BCUT2D eigenvalue weighted by Crippen LogP contribution is -2.31. The first-order valence-corrected chi connectivity index (χ1v) is 6.16. The van der Waals surface area contributed by atoms with Crippen LogP contribution < -0.4 is 0 Å². The molecule has 0 amide bonds. The molecule has 2 nitrogen and oxygen atoms in total. The first kappa shape index (κ1) is 10.4. The molecule has 1 saturated carbocycles. The zero-order valence-corrected chi connectivity index (χ0v) is 9.34. The molecule has 14 heavy (non-hydrogen) atoms. The van der Waals surface area contributed by atoms with Crippen molar-refractivity contribution in [2.24, 2.45) is 5.92 Å². The van der Waals surface area contributed by atoms with E-state index in [4.69, 9.17) is 0 Å². The summed E-state index contributed by atoms with van der Waals surface area (Å²) in [5.41, 5.74) is -0.314. The van der Waals surface area contributed by atoms with E-state index in [1.165, 1.54) is 25.8 Å². The van der Waals surface area contributed by atoms with Crippen LogP contribution in [-0.4, -0.2) is 35.2 Å². The number of likely N-dealkylation sites (tertiary alicyclic amines) is 1. The van der Waals surface area contributed by atoms with Gasteiger partial charge in [0.15, 0.2) is 0 Å². The fraction of sp³-hybridized carbons (Fsp3) is 1.00. The normalized spacial score (nSPS) is 35.6. The molecule has 0 bridgehead atoms. The van der Waals surface area contributed by atoms with Gasteiger partial charge in [-0.1, -0.05) is 19.8 Å². The lowest BCUT2D eigenvalue weighted by atomic mass is 9.89. The minimum absolute atomic E-state index is 0.314. The molecule has 1 aliphatic carbocycles. The number of rotatable bonds is 3. The maximum atomic E-state index is 10.4. The molecule has 2 rings (SSSR count). The topological polar surface area (TPSA) is 23.5 Å². The minimum atomic E-state index is -0.314. The van der Waals surface area contributed by atoms with Crippen molar-refractivity contribution in [1.29, 1.82) is 0 Å². The van der Waals surface area contributed by atoms with Crippen molar-refractivity contribution in [3.63, 3.8) is 0 Å². The fourth-order valence-electron chi connectivity index (χ4n) is 2.61. The average Bonchev–Trinajstić information content (AvgIpc) is 2.95. The molecule has 82 valence electrons. The SMILES string of the molecule is CCN1CCCC(O)(CC2CC2)CC1. The van der Waals surface area contributed by atoms with E-state index >= 15 is 0 Å². The van der Waals surface area contributed by atoms with Gasteiger partial charge in [-0.05, 0) is 44.7 Å². The molecule has 2 fully saturated rings. The third kappa shape index (κ3) is 2.71. The van der Waals surface area contributed by atoms with Crippen LogP contribution in [0.4, 0.5) is 0 Å². The van der Waals surface area contributed by atoms with Crippen molar-refractivity contribution in [1.82, 2.24) is 4.90 Å². The second-order valence-corrected chi connectivity index (χ2v) is 5.16. The van der Waals surface area contributed by atoms with Gasteiger partial charge < -0.3 is 10.0 Å². The lowest BCUT2D eigenvalue weighted by molar-refractivity contribution is 0.0119. The predicted octanol–water partition coefficient (Wildman–Crippen LogP) is 2.02. The molecule has 1 aliphatic heterocycles. The second-order valence-electron chi connectivity index (χ2n) is 5.16. The van der Waals surface area contributed by atoms with Gasteiger partial charge >= 0.3 is 0 Å². The quantitative estimate of drug-likeness (QED) is 0.748. The Balaban J connectivity index is 1.85. The summed E-state index contributed by atoms with van der Waals surface area (Å²) in [5, 5.41) is 10.4. The van der Waals surface area contributed by atoms with Crippen LogP contribution in [0.2, 0.25) is 0 Å². The van der Waals surface area contributed by atoms with E-state index in [-0.39, 0.29) is 5.60 Å². The second kappa shape index (κ2) is 4.19. The molecule has 1 unspecified atom stereocenters. The van der Waals surface area contributed by atoms with Crippen molar-refractivity contribution in [3.05, 3.63) is 0 Å². The summed E-state index contributed by atoms with van der Waals surface area (Å²) in [6.07, 6.45) is 7.00. The van der Waals surface area contributed by atoms with Crippen LogP contribution in [0.1, 0.15) is 45.4 Å². The third-order valence-corrected chi connectivity index (χ3v) is 3.82. The fourth-order valence-corrected chi connectivity index (χ4v) is 2.61. The van der Waals surface area contributed by atoms with E-state index in [1.54, 1.807) is 0 Å². The Morgan fingerprint density at radius 2 is 2.07 bits per heavy atom. The monoisotopic (exact) mass is 197 g/mol. The molecular formula is C12H23NO. The summed E-state index contributed by atoms with van der Waals surface area (Å²) >= 11 is 0. The molecular weight excluding hydrogens is 174 g/mol. The highest BCUT2D eigenvalue weighted by atomic mass is 16.3. The maximum Gasteiger partial charge on any atom is 0.0663 e. The Morgan fingerprint density at radius 3 is 2.71 bits per heavy atom. The third-order valence-electron chi connectivity index (χ3n) is 3.82. The summed E-state index contributed by atoms with van der Waals surface area (Å²) in [6.45, 7) is 5.63. The summed E-state index contributed by atoms with van der Waals surface area (Å²) < 4.78 is 0.